The Kier molecular flexibility index (Phi) is 3.16. The van der Waals surface area contributed by atoms with E-state index in [4.69, 9.17) is 0 Å². The lowest BCUT2D eigenvalue weighted by molar-refractivity contribution is -0.129. The van der Waals surface area contributed by atoms with Crippen LogP contribution in [0.4, 0.5) is 0 Å². The highest BCUT2D eigenvalue weighted by atomic mass is 79.9. The molecule has 0 aliphatic carbocycles. The second-order valence-corrected chi connectivity index (χ2v) is 4.88. The van der Waals surface area contributed by atoms with Crippen molar-refractivity contribution in [1.29, 1.82) is 0 Å². The summed E-state index contributed by atoms with van der Waals surface area (Å²) in [4.78, 5) is 13.6. The molecule has 0 radical (unpaired) electrons. The summed E-state index contributed by atoms with van der Waals surface area (Å²) in [5, 5.41) is 0. The SMILES string of the molecule is CC(C)C(C)N1CCC(Br)C1=O. The largest absolute Gasteiger partial charge is 0.339 e. The van der Waals surface area contributed by atoms with Crippen LogP contribution in [-0.2, 0) is 4.79 Å². The molecule has 2 unspecified atom stereocenters. The van der Waals surface area contributed by atoms with Gasteiger partial charge in [0.2, 0.25) is 5.91 Å². The van der Waals surface area contributed by atoms with Gasteiger partial charge in [0.15, 0.2) is 0 Å². The minimum atomic E-state index is 0.0682. The lowest BCUT2D eigenvalue weighted by atomic mass is 10.1. The molecule has 2 atom stereocenters. The van der Waals surface area contributed by atoms with Gasteiger partial charge in [-0.15, -0.1) is 0 Å². The molecule has 12 heavy (non-hydrogen) atoms. The maximum absolute atomic E-state index is 11.5. The molecule has 0 bridgehead atoms. The first-order valence-corrected chi connectivity index (χ1v) is 5.40. The third kappa shape index (κ3) is 1.82. The van der Waals surface area contributed by atoms with Crippen LogP contribution in [0.15, 0.2) is 0 Å². The molecule has 1 heterocycles. The second-order valence-electron chi connectivity index (χ2n) is 3.77. The predicted octanol–water partition coefficient (Wildman–Crippen LogP) is 2.03. The van der Waals surface area contributed by atoms with Crippen molar-refractivity contribution in [2.24, 2.45) is 5.92 Å². The fourth-order valence-electron chi connectivity index (χ4n) is 1.43. The van der Waals surface area contributed by atoms with Gasteiger partial charge in [0.05, 0.1) is 4.83 Å². The zero-order chi connectivity index (χ0) is 9.30. The quantitative estimate of drug-likeness (QED) is 0.669. The first-order chi connectivity index (χ1) is 5.54. The first kappa shape index (κ1) is 10.0. The molecular weight excluding hydrogens is 218 g/mol. The number of hydrogen-bond acceptors (Lipinski definition) is 1. The number of nitrogens with zero attached hydrogens (tertiary/aromatic N) is 1. The van der Waals surface area contributed by atoms with E-state index in [1.807, 2.05) is 4.90 Å². The van der Waals surface area contributed by atoms with Crippen LogP contribution in [0.25, 0.3) is 0 Å². The van der Waals surface area contributed by atoms with Crippen molar-refractivity contribution >= 4 is 21.8 Å². The van der Waals surface area contributed by atoms with Crippen LogP contribution in [0.1, 0.15) is 27.2 Å². The number of likely N-dealkylation sites (tertiary alicyclic amines) is 1. The molecule has 2 nitrogen and oxygen atoms in total. The summed E-state index contributed by atoms with van der Waals surface area (Å²) in [5.41, 5.74) is 0. The van der Waals surface area contributed by atoms with Gasteiger partial charge in [-0.3, -0.25) is 4.79 Å². The molecule has 1 fully saturated rings. The Morgan fingerprint density at radius 2 is 2.08 bits per heavy atom. The van der Waals surface area contributed by atoms with Crippen molar-refractivity contribution in [3.05, 3.63) is 0 Å². The summed E-state index contributed by atoms with van der Waals surface area (Å²) >= 11 is 3.37. The van der Waals surface area contributed by atoms with Gasteiger partial charge in [0.25, 0.3) is 0 Å². The normalized spacial score (nSPS) is 26.9. The predicted molar refractivity (Wildman–Crippen MR) is 53.3 cm³/mol. The van der Waals surface area contributed by atoms with E-state index < -0.39 is 0 Å². The summed E-state index contributed by atoms with van der Waals surface area (Å²) in [6.07, 6.45) is 0.954. The zero-order valence-electron chi connectivity index (χ0n) is 7.88. The van der Waals surface area contributed by atoms with Crippen LogP contribution in [0, 0.1) is 5.92 Å². The molecule has 0 aromatic rings. The Hall–Kier alpha value is -0.0500. The monoisotopic (exact) mass is 233 g/mol. The van der Waals surface area contributed by atoms with Gasteiger partial charge in [-0.05, 0) is 19.3 Å². The molecule has 0 aromatic carbocycles. The molecule has 1 amide bonds. The van der Waals surface area contributed by atoms with E-state index in [0.29, 0.717) is 12.0 Å². The number of halogens is 1. The maximum Gasteiger partial charge on any atom is 0.236 e. The molecule has 1 rings (SSSR count). The highest BCUT2D eigenvalue weighted by molar-refractivity contribution is 9.10. The van der Waals surface area contributed by atoms with Crippen molar-refractivity contribution < 1.29 is 4.79 Å². The van der Waals surface area contributed by atoms with E-state index in [1.54, 1.807) is 0 Å². The fourth-order valence-corrected chi connectivity index (χ4v) is 1.90. The van der Waals surface area contributed by atoms with Crippen LogP contribution in [0.5, 0.6) is 0 Å². The van der Waals surface area contributed by atoms with Crippen LogP contribution < -0.4 is 0 Å². The highest BCUT2D eigenvalue weighted by Gasteiger charge is 2.33. The van der Waals surface area contributed by atoms with Gasteiger partial charge in [-0.1, -0.05) is 29.8 Å². The molecule has 1 aliphatic rings. The van der Waals surface area contributed by atoms with Crippen LogP contribution in [0.3, 0.4) is 0 Å². The molecule has 0 spiro atoms. The van der Waals surface area contributed by atoms with Gasteiger partial charge in [0, 0.05) is 12.6 Å². The molecule has 0 saturated carbocycles. The number of carbonyl (C=O) groups excluding carboxylic acids is 1. The lowest BCUT2D eigenvalue weighted by Gasteiger charge is -2.27. The van der Waals surface area contributed by atoms with Crippen molar-refractivity contribution in [2.75, 3.05) is 6.54 Å². The zero-order valence-corrected chi connectivity index (χ0v) is 9.47. The topological polar surface area (TPSA) is 20.3 Å². The van der Waals surface area contributed by atoms with Gasteiger partial charge in [-0.2, -0.15) is 0 Å². The minimum absolute atomic E-state index is 0.0682. The third-order valence-electron chi connectivity index (χ3n) is 2.63. The Bertz CT molecular complexity index is 181. The molecule has 1 saturated heterocycles. The Balaban J connectivity index is 2.59. The van der Waals surface area contributed by atoms with E-state index in [1.165, 1.54) is 0 Å². The highest BCUT2D eigenvalue weighted by Crippen LogP contribution is 2.23. The smallest absolute Gasteiger partial charge is 0.236 e. The lowest BCUT2D eigenvalue weighted by Crippen LogP contribution is -2.38. The minimum Gasteiger partial charge on any atom is -0.339 e. The van der Waals surface area contributed by atoms with Crippen LogP contribution >= 0.6 is 15.9 Å². The summed E-state index contributed by atoms with van der Waals surface area (Å²) in [7, 11) is 0. The number of rotatable bonds is 2. The summed E-state index contributed by atoms with van der Waals surface area (Å²) in [6, 6.07) is 0.375. The molecule has 0 N–H and O–H groups in total. The molecule has 3 heteroatoms. The summed E-state index contributed by atoms with van der Waals surface area (Å²) in [5.74, 6) is 0.808. The van der Waals surface area contributed by atoms with E-state index in [0.717, 1.165) is 13.0 Å². The van der Waals surface area contributed by atoms with Crippen molar-refractivity contribution in [1.82, 2.24) is 4.90 Å². The van der Waals surface area contributed by atoms with E-state index >= 15 is 0 Å². The van der Waals surface area contributed by atoms with Crippen LogP contribution in [0.2, 0.25) is 0 Å². The maximum atomic E-state index is 11.5. The molecular formula is C9H16BrNO. The van der Waals surface area contributed by atoms with Crippen molar-refractivity contribution in [3.8, 4) is 0 Å². The van der Waals surface area contributed by atoms with Crippen molar-refractivity contribution in [2.45, 2.75) is 38.1 Å². The summed E-state index contributed by atoms with van der Waals surface area (Å²) < 4.78 is 0. The average molecular weight is 234 g/mol. The fraction of sp³-hybridized carbons (Fsp3) is 0.889. The molecule has 0 aromatic heterocycles. The second kappa shape index (κ2) is 3.77. The molecule has 70 valence electrons. The number of hydrogen-bond donors (Lipinski definition) is 0. The van der Waals surface area contributed by atoms with Gasteiger partial charge in [0.1, 0.15) is 0 Å². The van der Waals surface area contributed by atoms with E-state index in [9.17, 15) is 4.79 Å². The van der Waals surface area contributed by atoms with E-state index in [2.05, 4.69) is 36.7 Å². The van der Waals surface area contributed by atoms with Gasteiger partial charge >= 0.3 is 0 Å². The number of carbonyl (C=O) groups is 1. The Morgan fingerprint density at radius 3 is 2.42 bits per heavy atom. The van der Waals surface area contributed by atoms with E-state index in [-0.39, 0.29) is 10.7 Å². The standard InChI is InChI=1S/C9H16BrNO/c1-6(2)7(3)11-5-4-8(10)9(11)12/h6-8H,4-5H2,1-3H3. The van der Waals surface area contributed by atoms with Gasteiger partial charge in [-0.25, -0.2) is 0 Å². The van der Waals surface area contributed by atoms with Crippen LogP contribution in [-0.4, -0.2) is 28.2 Å². The molecule has 1 aliphatic heterocycles. The third-order valence-corrected chi connectivity index (χ3v) is 3.48. The number of amides is 1. The Morgan fingerprint density at radius 1 is 1.50 bits per heavy atom. The first-order valence-electron chi connectivity index (χ1n) is 4.48. The number of alkyl halides is 1. The average Bonchev–Trinajstić information content (AvgIpc) is 2.32. The Labute approximate surface area is 82.4 Å². The summed E-state index contributed by atoms with van der Waals surface area (Å²) in [6.45, 7) is 7.33. The van der Waals surface area contributed by atoms with Crippen molar-refractivity contribution in [3.63, 3.8) is 0 Å². The van der Waals surface area contributed by atoms with Gasteiger partial charge < -0.3 is 4.90 Å².